The summed E-state index contributed by atoms with van der Waals surface area (Å²) in [6.45, 7) is 4.24. The van der Waals surface area contributed by atoms with Crippen molar-refractivity contribution in [1.29, 1.82) is 0 Å². The Kier molecular flexibility index (Phi) is 9.23. The number of nitro benzene ring substituents is 1. The molecule has 0 atom stereocenters. The molecule has 11 nitrogen and oxygen atoms in total. The molecule has 5 saturated carbocycles. The van der Waals surface area contributed by atoms with E-state index in [-0.39, 0.29) is 27.2 Å². The maximum Gasteiger partial charge on any atom is 0.293 e. The minimum absolute atomic E-state index is 0.0701. The van der Waals surface area contributed by atoms with Gasteiger partial charge in [0.1, 0.15) is 5.69 Å². The average Bonchev–Trinajstić information content (AvgIpc) is 3.07. The van der Waals surface area contributed by atoms with Crippen molar-refractivity contribution in [3.05, 3.63) is 58.1 Å². The van der Waals surface area contributed by atoms with Gasteiger partial charge in [0.15, 0.2) is 5.78 Å². The lowest BCUT2D eigenvalue weighted by Gasteiger charge is -2.56. The van der Waals surface area contributed by atoms with E-state index < -0.39 is 20.9 Å². The third-order valence-electron chi connectivity index (χ3n) is 11.9. The molecule has 2 N–H and O–H groups in total. The van der Waals surface area contributed by atoms with Crippen LogP contribution in [0.15, 0.2) is 47.4 Å². The van der Waals surface area contributed by atoms with Crippen molar-refractivity contribution in [2.75, 3.05) is 49.5 Å². The Balaban J connectivity index is 0.921. The molecule has 5 aliphatic carbocycles. The maximum absolute atomic E-state index is 13.6. The smallest absolute Gasteiger partial charge is 0.293 e. The van der Waals surface area contributed by atoms with Gasteiger partial charge < -0.3 is 10.2 Å². The summed E-state index contributed by atoms with van der Waals surface area (Å²) in [5.41, 5.74) is 0.944. The Hall–Kier alpha value is -3.51. The van der Waals surface area contributed by atoms with Crippen LogP contribution < -0.4 is 14.9 Å². The molecule has 8 rings (SSSR count). The second kappa shape index (κ2) is 13.4. The normalized spacial score (nSPS) is 27.5. The van der Waals surface area contributed by atoms with Crippen molar-refractivity contribution >= 4 is 38.8 Å². The number of carbonyl (C=O) groups excluding carboxylic acids is 2. The van der Waals surface area contributed by atoms with Gasteiger partial charge in [-0.05, 0) is 111 Å². The number of benzene rings is 2. The van der Waals surface area contributed by atoms with Crippen LogP contribution in [-0.2, 0) is 14.8 Å². The van der Waals surface area contributed by atoms with Crippen LogP contribution in [0.5, 0.6) is 0 Å². The lowest BCUT2D eigenvalue weighted by Crippen LogP contribution is -2.54. The molecule has 0 radical (unpaired) electrons. The molecule has 1 aliphatic heterocycles. The summed E-state index contributed by atoms with van der Waals surface area (Å²) >= 11 is 0. The molecule has 0 aromatic heterocycles. The Morgan fingerprint density at radius 1 is 0.875 bits per heavy atom. The highest BCUT2D eigenvalue weighted by Gasteiger charge is 2.54. The lowest BCUT2D eigenvalue weighted by molar-refractivity contribution is -0.384. The number of hydrogen-bond acceptors (Lipinski definition) is 9. The summed E-state index contributed by atoms with van der Waals surface area (Å²) in [7, 11) is -4.35. The Bertz CT molecular complexity index is 1610. The lowest BCUT2D eigenvalue weighted by atomic mass is 9.48. The van der Waals surface area contributed by atoms with Crippen LogP contribution in [0, 0.1) is 39.2 Å². The number of hydrogen-bond donors (Lipinski definition) is 2. The predicted octanol–water partition coefficient (Wildman–Crippen LogP) is 5.61. The zero-order valence-corrected chi connectivity index (χ0v) is 28.4. The number of sulfonamides is 1. The maximum atomic E-state index is 13.6. The van der Waals surface area contributed by atoms with E-state index >= 15 is 0 Å². The molecular formula is C36H47N5O6S. The SMILES string of the molecule is O=C(NS(=O)(=O)c1ccc(NCC2CCCCC2)c([N+](=O)[O-])c1)c1ccc(N2CCN(CC(=O)C34CC5CC(CC(C5)C3)C4)CC2)cc1. The van der Waals surface area contributed by atoms with Crippen LogP contribution in [0.3, 0.4) is 0 Å². The van der Waals surface area contributed by atoms with Gasteiger partial charge in [0.05, 0.1) is 16.4 Å². The number of carbonyl (C=O) groups is 2. The molecule has 0 unspecified atom stereocenters. The predicted molar refractivity (Wildman–Crippen MR) is 184 cm³/mol. The zero-order chi connectivity index (χ0) is 33.5. The largest absolute Gasteiger partial charge is 0.379 e. The van der Waals surface area contributed by atoms with Crippen LogP contribution in [0.2, 0.25) is 0 Å². The van der Waals surface area contributed by atoms with E-state index in [1.807, 2.05) is 0 Å². The van der Waals surface area contributed by atoms with Crippen molar-refractivity contribution in [3.8, 4) is 0 Å². The first kappa shape index (κ1) is 33.0. The van der Waals surface area contributed by atoms with Gasteiger partial charge in [-0.3, -0.25) is 24.6 Å². The van der Waals surface area contributed by atoms with E-state index in [9.17, 15) is 28.1 Å². The first-order valence-electron chi connectivity index (χ1n) is 17.8. The van der Waals surface area contributed by atoms with E-state index in [1.165, 1.54) is 37.8 Å². The number of nitrogens with one attached hydrogen (secondary N) is 2. The number of Topliss-reactive ketones (excluding diaryl/α,β-unsaturated/α-hetero) is 1. The topological polar surface area (TPSA) is 142 Å². The van der Waals surface area contributed by atoms with Crippen LogP contribution in [0.25, 0.3) is 0 Å². The fourth-order valence-corrected chi connectivity index (χ4v) is 10.7. The second-order valence-corrected chi connectivity index (χ2v) is 16.9. The van der Waals surface area contributed by atoms with Gasteiger partial charge in [-0.2, -0.15) is 0 Å². The van der Waals surface area contributed by atoms with E-state index in [0.29, 0.717) is 24.8 Å². The summed E-state index contributed by atoms with van der Waals surface area (Å²) in [5.74, 6) is 2.35. The molecule has 1 heterocycles. The molecule has 1 saturated heterocycles. The Labute approximate surface area is 283 Å². The quantitative estimate of drug-likeness (QED) is 0.229. The molecule has 12 heteroatoms. The molecule has 48 heavy (non-hydrogen) atoms. The zero-order valence-electron chi connectivity index (χ0n) is 27.6. The van der Waals surface area contributed by atoms with Gasteiger partial charge in [-0.1, -0.05) is 19.3 Å². The van der Waals surface area contributed by atoms with E-state index in [0.717, 1.165) is 101 Å². The van der Waals surface area contributed by atoms with Crippen molar-refractivity contribution < 1.29 is 22.9 Å². The minimum Gasteiger partial charge on any atom is -0.379 e. The Morgan fingerprint density at radius 2 is 1.50 bits per heavy atom. The summed E-state index contributed by atoms with van der Waals surface area (Å²) in [4.78, 5) is 41.9. The molecule has 1 amide bonds. The monoisotopic (exact) mass is 677 g/mol. The van der Waals surface area contributed by atoms with Crippen LogP contribution in [0.1, 0.15) is 81.0 Å². The molecule has 258 valence electrons. The van der Waals surface area contributed by atoms with Crippen molar-refractivity contribution in [3.63, 3.8) is 0 Å². The van der Waals surface area contributed by atoms with Gasteiger partial charge in [-0.25, -0.2) is 13.1 Å². The molecular weight excluding hydrogens is 630 g/mol. The summed E-state index contributed by atoms with van der Waals surface area (Å²) in [6, 6.07) is 10.5. The highest BCUT2D eigenvalue weighted by atomic mass is 32.2. The van der Waals surface area contributed by atoms with E-state index in [4.69, 9.17) is 0 Å². The first-order chi connectivity index (χ1) is 23.1. The Morgan fingerprint density at radius 3 is 2.10 bits per heavy atom. The van der Waals surface area contributed by atoms with E-state index in [1.54, 1.807) is 24.3 Å². The molecule has 6 aliphatic rings. The van der Waals surface area contributed by atoms with Crippen LogP contribution >= 0.6 is 0 Å². The van der Waals surface area contributed by atoms with E-state index in [2.05, 4.69) is 19.8 Å². The fraction of sp³-hybridized carbons (Fsp3) is 0.611. The minimum atomic E-state index is -4.35. The molecule has 6 fully saturated rings. The van der Waals surface area contributed by atoms with Crippen molar-refractivity contribution in [1.82, 2.24) is 9.62 Å². The van der Waals surface area contributed by atoms with Gasteiger partial charge >= 0.3 is 0 Å². The number of nitrogens with zero attached hydrogens (tertiary/aromatic N) is 3. The molecule has 0 spiro atoms. The fourth-order valence-electron chi connectivity index (χ4n) is 9.68. The second-order valence-electron chi connectivity index (χ2n) is 15.2. The first-order valence-corrected chi connectivity index (χ1v) is 19.3. The van der Waals surface area contributed by atoms with Gasteiger partial charge in [0, 0.05) is 55.5 Å². The van der Waals surface area contributed by atoms with Crippen LogP contribution in [-0.4, -0.2) is 69.2 Å². The third-order valence-corrected chi connectivity index (χ3v) is 13.2. The van der Waals surface area contributed by atoms with Crippen molar-refractivity contribution in [2.45, 2.75) is 75.5 Å². The number of amides is 1. The van der Waals surface area contributed by atoms with Gasteiger partial charge in [0.25, 0.3) is 21.6 Å². The highest BCUT2D eigenvalue weighted by molar-refractivity contribution is 7.90. The third kappa shape index (κ3) is 6.96. The number of anilines is 2. The standard InChI is InChI=1S/C36H47N5O6S/c42-34(36-20-26-16-27(21-36)18-28(17-26)22-36)24-39-12-14-40(15-13-39)30-8-6-29(7-9-30)35(43)38-48(46,47)31-10-11-32(33(19-31)41(44)45)37-23-25-4-2-1-3-5-25/h6-11,19,25-28,37H,1-5,12-18,20-24H2,(H,38,43). The molecule has 2 aromatic rings. The van der Waals surface area contributed by atoms with Gasteiger partial charge in [-0.15, -0.1) is 0 Å². The van der Waals surface area contributed by atoms with Crippen molar-refractivity contribution in [2.24, 2.45) is 29.1 Å². The molecule has 2 aromatic carbocycles. The average molecular weight is 678 g/mol. The number of ketones is 1. The number of piperazine rings is 1. The number of nitro groups is 1. The van der Waals surface area contributed by atoms with Gasteiger partial charge in [0.2, 0.25) is 0 Å². The summed E-state index contributed by atoms with van der Waals surface area (Å²) < 4.78 is 28.3. The molecule has 4 bridgehead atoms. The summed E-state index contributed by atoms with van der Waals surface area (Å²) in [5, 5.41) is 14.9. The summed E-state index contributed by atoms with van der Waals surface area (Å²) in [6.07, 6.45) is 12.9. The van der Waals surface area contributed by atoms with Crippen LogP contribution in [0.4, 0.5) is 17.1 Å². The number of rotatable bonds is 11. The highest BCUT2D eigenvalue weighted by Crippen LogP contribution is 2.60.